The molecule has 134 valence electrons. The van der Waals surface area contributed by atoms with Crippen LogP contribution in [0, 0.1) is 17.8 Å². The van der Waals surface area contributed by atoms with Gasteiger partial charge in [0.1, 0.15) is 12.4 Å². The van der Waals surface area contributed by atoms with E-state index in [1.807, 2.05) is 6.20 Å². The Hall–Kier alpha value is -0.580. The molecule has 0 amide bonds. The number of imidazole rings is 1. The summed E-state index contributed by atoms with van der Waals surface area (Å²) < 4.78 is 16.0. The summed E-state index contributed by atoms with van der Waals surface area (Å²) >= 11 is 0. The molecule has 0 bridgehead atoms. The Balaban J connectivity index is 0.00000264. The van der Waals surface area contributed by atoms with Gasteiger partial charge in [0.2, 0.25) is 6.33 Å². The second-order valence-corrected chi connectivity index (χ2v) is 7.14. The lowest BCUT2D eigenvalue weighted by Crippen LogP contribution is -3.00. The molecule has 0 spiro atoms. The fourth-order valence-electron chi connectivity index (χ4n) is 3.39. The van der Waals surface area contributed by atoms with Gasteiger partial charge in [0.15, 0.2) is 13.5 Å². The molecule has 0 N–H and O–H groups in total. The molecule has 1 aromatic rings. The van der Waals surface area contributed by atoms with Crippen LogP contribution in [0.3, 0.4) is 0 Å². The van der Waals surface area contributed by atoms with E-state index in [-0.39, 0.29) is 12.4 Å². The van der Waals surface area contributed by atoms with Crippen LogP contribution in [0.4, 0.5) is 0 Å². The molecule has 0 aromatic carbocycles. The topological polar surface area (TPSA) is 27.3 Å². The Morgan fingerprint density at radius 1 is 1.30 bits per heavy atom. The molecule has 23 heavy (non-hydrogen) atoms. The summed E-state index contributed by atoms with van der Waals surface area (Å²) in [6.45, 7) is 11.2. The third kappa shape index (κ3) is 6.44. The molecule has 1 fully saturated rings. The van der Waals surface area contributed by atoms with Crippen molar-refractivity contribution >= 4 is 0 Å². The second kappa shape index (κ2) is 10.3. The Kier molecular flexibility index (Phi) is 9.18. The molecule has 0 aliphatic heterocycles. The van der Waals surface area contributed by atoms with E-state index in [9.17, 15) is 0 Å². The lowest BCUT2D eigenvalue weighted by atomic mass is 9.75. The first-order chi connectivity index (χ1) is 10.6. The number of nitrogens with zero attached hydrogens (tertiary/aromatic N) is 2. The van der Waals surface area contributed by atoms with Crippen LogP contribution in [0.1, 0.15) is 53.4 Å². The Morgan fingerprint density at radius 2 is 2.09 bits per heavy atom. The lowest BCUT2D eigenvalue weighted by molar-refractivity contribution is -0.732. The molecular weight excluding hydrogens is 312 g/mol. The smallest absolute Gasteiger partial charge is 0.247 e. The highest BCUT2D eigenvalue weighted by atomic mass is 35.5. The minimum atomic E-state index is 0. The van der Waals surface area contributed by atoms with Gasteiger partial charge in [0.05, 0.1) is 12.7 Å². The molecule has 1 aromatic heterocycles. The van der Waals surface area contributed by atoms with Crippen LogP contribution in [-0.4, -0.2) is 17.3 Å². The van der Waals surface area contributed by atoms with Gasteiger partial charge in [-0.3, -0.25) is 0 Å². The highest BCUT2D eigenvalue weighted by Gasteiger charge is 2.31. The molecule has 1 aliphatic carbocycles. The van der Waals surface area contributed by atoms with Gasteiger partial charge in [0.25, 0.3) is 0 Å². The fraction of sp³-hybridized carbons (Fsp3) is 0.833. The quantitative estimate of drug-likeness (QED) is 0.510. The minimum Gasteiger partial charge on any atom is -1.00 e. The van der Waals surface area contributed by atoms with Gasteiger partial charge in [-0.2, -0.15) is 0 Å². The van der Waals surface area contributed by atoms with Crippen molar-refractivity contribution in [3.8, 4) is 0 Å². The summed E-state index contributed by atoms with van der Waals surface area (Å²) in [5.41, 5.74) is 0. The van der Waals surface area contributed by atoms with Crippen molar-refractivity contribution in [1.29, 1.82) is 0 Å². The van der Waals surface area contributed by atoms with Gasteiger partial charge in [-0.25, -0.2) is 9.13 Å². The Bertz CT molecular complexity index is 436. The average molecular weight is 345 g/mol. The van der Waals surface area contributed by atoms with Gasteiger partial charge in [0, 0.05) is 0 Å². The van der Waals surface area contributed by atoms with Gasteiger partial charge in [-0.15, -0.1) is 0 Å². The predicted octanol–water partition coefficient (Wildman–Crippen LogP) is 0.599. The van der Waals surface area contributed by atoms with Crippen LogP contribution in [0.25, 0.3) is 0 Å². The van der Waals surface area contributed by atoms with E-state index in [1.165, 1.54) is 19.3 Å². The fourth-order valence-corrected chi connectivity index (χ4v) is 3.39. The molecule has 0 saturated heterocycles. The standard InChI is InChI=1S/C18H33N2O2.ClH/c1-5-10-21-13-19-8-9-20(12-19)14-22-18-11-16(4)6-7-17(18)15(2)3;/h8-9,12,15-18H,5-7,10-11,13-14H2,1-4H3;1H/q+1;/p-1/t16-,17+,18-;/m1./s1. The van der Waals surface area contributed by atoms with E-state index in [0.717, 1.165) is 18.9 Å². The summed E-state index contributed by atoms with van der Waals surface area (Å²) in [4.78, 5) is 0. The van der Waals surface area contributed by atoms with E-state index < -0.39 is 0 Å². The summed E-state index contributed by atoms with van der Waals surface area (Å²) in [5.74, 6) is 2.19. The molecule has 0 unspecified atom stereocenters. The van der Waals surface area contributed by atoms with Crippen molar-refractivity contribution in [2.75, 3.05) is 6.61 Å². The van der Waals surface area contributed by atoms with Crippen molar-refractivity contribution in [2.45, 2.75) is 72.9 Å². The summed E-state index contributed by atoms with van der Waals surface area (Å²) in [6.07, 6.45) is 11.5. The zero-order valence-corrected chi connectivity index (χ0v) is 15.8. The lowest BCUT2D eigenvalue weighted by Gasteiger charge is -2.36. The minimum absolute atomic E-state index is 0. The number of hydrogen-bond donors (Lipinski definition) is 0. The van der Waals surface area contributed by atoms with Gasteiger partial charge >= 0.3 is 0 Å². The van der Waals surface area contributed by atoms with Crippen LogP contribution in [0.5, 0.6) is 0 Å². The monoisotopic (exact) mass is 344 g/mol. The second-order valence-electron chi connectivity index (χ2n) is 7.14. The van der Waals surface area contributed by atoms with Crippen LogP contribution >= 0.6 is 0 Å². The number of ether oxygens (including phenoxy) is 2. The SMILES string of the molecule is CCCOC[n+]1ccn(CO[C@@H]2C[C@H](C)CC[C@H]2C(C)C)c1.[Cl-]. The maximum absolute atomic E-state index is 6.26. The van der Waals surface area contributed by atoms with E-state index in [1.54, 1.807) is 0 Å². The third-order valence-electron chi connectivity index (χ3n) is 4.73. The highest BCUT2D eigenvalue weighted by molar-refractivity contribution is 4.81. The first-order valence-corrected chi connectivity index (χ1v) is 8.84. The van der Waals surface area contributed by atoms with Gasteiger partial charge in [-0.05, 0) is 37.0 Å². The Labute approximate surface area is 147 Å². The van der Waals surface area contributed by atoms with Gasteiger partial charge < -0.3 is 21.9 Å². The van der Waals surface area contributed by atoms with Crippen molar-refractivity contribution in [1.82, 2.24) is 4.57 Å². The maximum atomic E-state index is 6.26. The maximum Gasteiger partial charge on any atom is 0.247 e. The molecule has 0 radical (unpaired) electrons. The summed E-state index contributed by atoms with van der Waals surface area (Å²) in [5, 5.41) is 0. The molecule has 4 nitrogen and oxygen atoms in total. The van der Waals surface area contributed by atoms with Crippen molar-refractivity contribution in [2.24, 2.45) is 17.8 Å². The number of aromatic nitrogens is 2. The molecule has 3 atom stereocenters. The predicted molar refractivity (Wildman–Crippen MR) is 87.1 cm³/mol. The largest absolute Gasteiger partial charge is 1.00 e. The highest BCUT2D eigenvalue weighted by Crippen LogP contribution is 2.35. The van der Waals surface area contributed by atoms with E-state index in [0.29, 0.717) is 31.4 Å². The van der Waals surface area contributed by atoms with Crippen LogP contribution < -0.4 is 17.0 Å². The molecule has 1 saturated carbocycles. The molecular formula is C18H33ClN2O2. The zero-order valence-electron chi connectivity index (χ0n) is 15.1. The summed E-state index contributed by atoms with van der Waals surface area (Å²) in [7, 11) is 0. The van der Waals surface area contributed by atoms with Gasteiger partial charge in [-0.1, -0.05) is 34.1 Å². The van der Waals surface area contributed by atoms with E-state index in [2.05, 4.69) is 49.4 Å². The summed E-state index contributed by atoms with van der Waals surface area (Å²) in [6, 6.07) is 0. The van der Waals surface area contributed by atoms with E-state index >= 15 is 0 Å². The first-order valence-electron chi connectivity index (χ1n) is 8.84. The molecule has 5 heteroatoms. The number of hydrogen-bond acceptors (Lipinski definition) is 2. The average Bonchev–Trinajstić information content (AvgIpc) is 2.93. The molecule has 1 heterocycles. The normalized spacial score (nSPS) is 24.7. The van der Waals surface area contributed by atoms with Crippen molar-refractivity contribution < 1.29 is 26.4 Å². The molecule has 1 aliphatic rings. The first kappa shape index (κ1) is 20.5. The Morgan fingerprint density at radius 3 is 2.78 bits per heavy atom. The van der Waals surface area contributed by atoms with Crippen LogP contribution in [-0.2, 0) is 22.9 Å². The van der Waals surface area contributed by atoms with Crippen LogP contribution in [0.15, 0.2) is 18.7 Å². The molecule has 2 rings (SSSR count). The number of halogens is 1. The van der Waals surface area contributed by atoms with Crippen molar-refractivity contribution in [3.63, 3.8) is 0 Å². The van der Waals surface area contributed by atoms with Crippen LogP contribution in [0.2, 0.25) is 0 Å². The van der Waals surface area contributed by atoms with Crippen molar-refractivity contribution in [3.05, 3.63) is 18.7 Å². The zero-order chi connectivity index (χ0) is 15.9. The van der Waals surface area contributed by atoms with E-state index in [4.69, 9.17) is 9.47 Å². The third-order valence-corrected chi connectivity index (χ3v) is 4.73. The number of rotatable bonds is 8.